The van der Waals surface area contributed by atoms with Crippen molar-refractivity contribution in [3.05, 3.63) is 71.4 Å². The van der Waals surface area contributed by atoms with Crippen LogP contribution in [0.1, 0.15) is 18.6 Å². The summed E-state index contributed by atoms with van der Waals surface area (Å²) in [5.74, 6) is 1.23. The van der Waals surface area contributed by atoms with E-state index >= 15 is 0 Å². The number of hydrogen-bond donors (Lipinski definition) is 1. The quantitative estimate of drug-likeness (QED) is 0.424. The number of nitrogens with one attached hydrogen (secondary N) is 1. The van der Waals surface area contributed by atoms with Crippen LogP contribution >= 0.6 is 11.6 Å². The third-order valence-corrected chi connectivity index (χ3v) is 6.21. The van der Waals surface area contributed by atoms with Crippen LogP contribution in [-0.2, 0) is 4.74 Å². The number of aromatic nitrogens is 3. The number of benzene rings is 2. The molecule has 7 nitrogen and oxygen atoms in total. The molecule has 1 saturated heterocycles. The van der Waals surface area contributed by atoms with Gasteiger partial charge in [-0.05, 0) is 54.6 Å². The number of nitrogens with zero attached hydrogens (tertiary/aromatic N) is 4. The average Bonchev–Trinajstić information content (AvgIpc) is 3.27. The number of ether oxygens (including phenoxy) is 2. The van der Waals surface area contributed by atoms with Crippen LogP contribution in [0.3, 0.4) is 0 Å². The topological polar surface area (TPSA) is 63.9 Å². The number of rotatable bonds is 6. The summed E-state index contributed by atoms with van der Waals surface area (Å²) in [5.41, 5.74) is 4.71. The molecule has 2 aromatic carbocycles. The van der Waals surface area contributed by atoms with Crippen LogP contribution in [0, 0.1) is 0 Å². The van der Waals surface area contributed by atoms with Crippen molar-refractivity contribution in [2.75, 3.05) is 38.7 Å². The highest BCUT2D eigenvalue weighted by molar-refractivity contribution is 6.31. The van der Waals surface area contributed by atoms with E-state index in [1.807, 2.05) is 47.0 Å². The monoisotopic (exact) mass is 463 g/mol. The number of methoxy groups -OCH3 is 1. The molecule has 1 N–H and O–H groups in total. The molecule has 1 unspecified atom stereocenters. The van der Waals surface area contributed by atoms with Crippen molar-refractivity contribution in [1.29, 1.82) is 0 Å². The fraction of sp³-hybridized carbons (Fsp3) is 0.280. The Morgan fingerprint density at radius 3 is 2.79 bits per heavy atom. The highest BCUT2D eigenvalue weighted by atomic mass is 35.5. The van der Waals surface area contributed by atoms with E-state index in [4.69, 9.17) is 26.2 Å². The third kappa shape index (κ3) is 4.53. The van der Waals surface area contributed by atoms with Gasteiger partial charge in [-0.1, -0.05) is 30.7 Å². The summed E-state index contributed by atoms with van der Waals surface area (Å²) >= 11 is 6.24. The molecule has 0 bridgehead atoms. The summed E-state index contributed by atoms with van der Waals surface area (Å²) in [6.45, 7) is 5.91. The van der Waals surface area contributed by atoms with Crippen molar-refractivity contribution in [1.82, 2.24) is 19.5 Å². The summed E-state index contributed by atoms with van der Waals surface area (Å²) in [6.07, 6.45) is 1.90. The molecule has 0 radical (unpaired) electrons. The van der Waals surface area contributed by atoms with E-state index in [0.717, 1.165) is 54.5 Å². The normalized spacial score (nSPS) is 16.8. The number of halogens is 1. The Labute approximate surface area is 197 Å². The summed E-state index contributed by atoms with van der Waals surface area (Å²) in [6, 6.07) is 17.8. The molecule has 4 aromatic rings. The van der Waals surface area contributed by atoms with E-state index < -0.39 is 0 Å². The van der Waals surface area contributed by atoms with Gasteiger partial charge < -0.3 is 14.8 Å². The van der Waals surface area contributed by atoms with Gasteiger partial charge in [0, 0.05) is 29.4 Å². The minimum Gasteiger partial charge on any atom is -0.496 e. The average molecular weight is 464 g/mol. The Hall–Kier alpha value is -3.13. The molecule has 5 rings (SSSR count). The van der Waals surface area contributed by atoms with Crippen LogP contribution in [0.25, 0.3) is 16.8 Å². The van der Waals surface area contributed by atoms with Crippen LogP contribution < -0.4 is 10.1 Å². The zero-order valence-electron chi connectivity index (χ0n) is 18.7. The Balaban J connectivity index is 1.39. The molecule has 8 heteroatoms. The van der Waals surface area contributed by atoms with E-state index in [1.54, 1.807) is 13.3 Å². The van der Waals surface area contributed by atoms with Gasteiger partial charge in [0.2, 0.25) is 5.95 Å². The minimum absolute atomic E-state index is 0.107. The minimum atomic E-state index is 0.107. The lowest BCUT2D eigenvalue weighted by Gasteiger charge is -2.32. The van der Waals surface area contributed by atoms with Crippen LogP contribution in [0.4, 0.5) is 11.6 Å². The van der Waals surface area contributed by atoms with Gasteiger partial charge in [-0.15, -0.1) is 5.10 Å². The third-order valence-electron chi connectivity index (χ3n) is 5.97. The SMILES string of the molecule is CCN1CCOC(c2ccc(Nc3ncc4ccc(-c5cc(Cl)ccc5OC)n4n3)cc2)C1. The first-order valence-corrected chi connectivity index (χ1v) is 11.4. The largest absolute Gasteiger partial charge is 0.496 e. The zero-order valence-corrected chi connectivity index (χ0v) is 19.4. The highest BCUT2D eigenvalue weighted by Crippen LogP contribution is 2.33. The second kappa shape index (κ2) is 9.39. The van der Waals surface area contributed by atoms with Gasteiger partial charge in [0.25, 0.3) is 0 Å². The van der Waals surface area contributed by atoms with Gasteiger partial charge in [0.05, 0.1) is 37.2 Å². The van der Waals surface area contributed by atoms with Crippen LogP contribution in [-0.4, -0.2) is 52.8 Å². The molecule has 3 heterocycles. The lowest BCUT2D eigenvalue weighted by molar-refractivity contribution is -0.0281. The lowest BCUT2D eigenvalue weighted by Crippen LogP contribution is -2.38. The van der Waals surface area contributed by atoms with Crippen LogP contribution in [0.5, 0.6) is 5.75 Å². The van der Waals surface area contributed by atoms with Gasteiger partial charge in [-0.3, -0.25) is 4.90 Å². The van der Waals surface area contributed by atoms with E-state index in [1.165, 1.54) is 5.56 Å². The predicted molar refractivity (Wildman–Crippen MR) is 131 cm³/mol. The molecule has 0 amide bonds. The number of hydrogen-bond acceptors (Lipinski definition) is 6. The summed E-state index contributed by atoms with van der Waals surface area (Å²) in [5, 5.41) is 8.65. The molecule has 170 valence electrons. The number of fused-ring (bicyclic) bond motifs is 1. The summed E-state index contributed by atoms with van der Waals surface area (Å²) < 4.78 is 13.3. The molecule has 33 heavy (non-hydrogen) atoms. The first-order valence-electron chi connectivity index (χ1n) is 11.0. The Bertz CT molecular complexity index is 1260. The van der Waals surface area contributed by atoms with Crippen molar-refractivity contribution in [2.24, 2.45) is 0 Å². The second-order valence-corrected chi connectivity index (χ2v) is 8.42. The maximum absolute atomic E-state index is 6.24. The van der Waals surface area contributed by atoms with E-state index in [9.17, 15) is 0 Å². The molecular formula is C25H26ClN5O2. The highest BCUT2D eigenvalue weighted by Gasteiger charge is 2.20. The van der Waals surface area contributed by atoms with Crippen molar-refractivity contribution in [2.45, 2.75) is 13.0 Å². The lowest BCUT2D eigenvalue weighted by atomic mass is 10.1. The molecular weight excluding hydrogens is 438 g/mol. The van der Waals surface area contributed by atoms with Gasteiger partial charge in [-0.2, -0.15) is 0 Å². The number of morpholine rings is 1. The molecule has 1 aliphatic rings. The van der Waals surface area contributed by atoms with Crippen molar-refractivity contribution < 1.29 is 9.47 Å². The van der Waals surface area contributed by atoms with E-state index in [-0.39, 0.29) is 6.10 Å². The molecule has 0 aliphatic carbocycles. The molecule has 1 aliphatic heterocycles. The van der Waals surface area contributed by atoms with Crippen LogP contribution in [0.15, 0.2) is 60.8 Å². The Morgan fingerprint density at radius 1 is 1.15 bits per heavy atom. The van der Waals surface area contributed by atoms with Crippen LogP contribution in [0.2, 0.25) is 5.02 Å². The van der Waals surface area contributed by atoms with Crippen molar-refractivity contribution in [3.8, 4) is 17.0 Å². The van der Waals surface area contributed by atoms with Gasteiger partial charge in [0.1, 0.15) is 5.75 Å². The summed E-state index contributed by atoms with van der Waals surface area (Å²) in [4.78, 5) is 6.88. The fourth-order valence-electron chi connectivity index (χ4n) is 4.14. The number of anilines is 2. The molecule has 2 aromatic heterocycles. The van der Waals surface area contributed by atoms with E-state index in [0.29, 0.717) is 11.0 Å². The van der Waals surface area contributed by atoms with Gasteiger partial charge >= 0.3 is 0 Å². The fourth-order valence-corrected chi connectivity index (χ4v) is 4.32. The first kappa shape index (κ1) is 21.7. The number of likely N-dealkylation sites (N-methyl/N-ethyl adjacent to an activating group) is 1. The maximum atomic E-state index is 6.24. The molecule has 0 saturated carbocycles. The first-order chi connectivity index (χ1) is 16.1. The second-order valence-electron chi connectivity index (χ2n) is 7.98. The van der Waals surface area contributed by atoms with Crippen molar-refractivity contribution >= 4 is 28.8 Å². The van der Waals surface area contributed by atoms with Gasteiger partial charge in [0.15, 0.2) is 0 Å². The van der Waals surface area contributed by atoms with E-state index in [2.05, 4.69) is 34.3 Å². The summed E-state index contributed by atoms with van der Waals surface area (Å²) in [7, 11) is 1.65. The standard InChI is InChI=1S/C25H26ClN5O2/c1-3-30-12-13-33-24(16-30)17-4-7-19(8-5-17)28-25-27-15-20-9-10-22(31(20)29-25)21-14-18(26)6-11-23(21)32-2/h4-11,14-15,24H,3,12-13,16H2,1-2H3,(H,28,29). The zero-order chi connectivity index (χ0) is 22.8. The molecule has 1 atom stereocenters. The van der Waals surface area contributed by atoms with Crippen molar-refractivity contribution in [3.63, 3.8) is 0 Å². The van der Waals surface area contributed by atoms with Gasteiger partial charge in [-0.25, -0.2) is 9.50 Å². The molecule has 1 fully saturated rings. The predicted octanol–water partition coefficient (Wildman–Crippen LogP) is 5.20. The smallest absolute Gasteiger partial charge is 0.245 e. The Morgan fingerprint density at radius 2 is 2.00 bits per heavy atom. The Kier molecular flexibility index (Phi) is 6.17. The maximum Gasteiger partial charge on any atom is 0.245 e. The molecule has 0 spiro atoms.